The second kappa shape index (κ2) is 6.62. The van der Waals surface area contributed by atoms with Crippen LogP contribution in [0.3, 0.4) is 0 Å². The molecule has 82 valence electrons. The van der Waals surface area contributed by atoms with Crippen molar-refractivity contribution in [2.45, 2.75) is 24.6 Å². The van der Waals surface area contributed by atoms with Gasteiger partial charge in [-0.05, 0) is 30.4 Å². The summed E-state index contributed by atoms with van der Waals surface area (Å²) >= 11 is 6.15. The molecular formula is C13H16ClF. The molecule has 1 aliphatic rings. The third kappa shape index (κ3) is 3.67. The lowest BCUT2D eigenvalue weighted by molar-refractivity contribution is 0.562. The predicted molar refractivity (Wildman–Crippen MR) is 64.1 cm³/mol. The molecule has 0 N–H and O–H groups in total. The summed E-state index contributed by atoms with van der Waals surface area (Å²) in [4.78, 5) is 0. The maximum absolute atomic E-state index is 10.6. The summed E-state index contributed by atoms with van der Waals surface area (Å²) < 4.78 is 10.6. The number of hydrogen-bond donors (Lipinski definition) is 0. The smallest absolute Gasteiger partial charge is 0.107 e. The maximum Gasteiger partial charge on any atom is 0.107 e. The van der Waals surface area contributed by atoms with Gasteiger partial charge in [-0.1, -0.05) is 30.3 Å². The van der Waals surface area contributed by atoms with Crippen LogP contribution in [-0.2, 0) is 6.42 Å². The van der Waals surface area contributed by atoms with Crippen LogP contribution in [0.4, 0.5) is 4.39 Å². The summed E-state index contributed by atoms with van der Waals surface area (Å²) in [6.07, 6.45) is 4.79. The minimum Gasteiger partial charge on any atom is -0.247 e. The highest BCUT2D eigenvalue weighted by Crippen LogP contribution is 2.33. The van der Waals surface area contributed by atoms with Gasteiger partial charge in [-0.3, -0.25) is 0 Å². The van der Waals surface area contributed by atoms with Crippen LogP contribution in [0.2, 0.25) is 0 Å². The number of aryl methyl sites for hydroxylation is 1. The minimum absolute atomic E-state index is 0.264. The van der Waals surface area contributed by atoms with E-state index in [1.54, 1.807) is 0 Å². The Kier molecular flexibility index (Phi) is 5.41. The second-order valence-electron chi connectivity index (χ2n) is 3.50. The van der Waals surface area contributed by atoms with Gasteiger partial charge >= 0.3 is 0 Å². The molecule has 1 aliphatic carbocycles. The second-order valence-corrected chi connectivity index (χ2v) is 4.03. The Morgan fingerprint density at radius 2 is 2.13 bits per heavy atom. The van der Waals surface area contributed by atoms with Crippen molar-refractivity contribution >= 4 is 11.6 Å². The molecule has 2 heteroatoms. The number of allylic oxidation sites excluding steroid dienone is 1. The molecule has 0 bridgehead atoms. The quantitative estimate of drug-likeness (QED) is 0.491. The SMILES string of the molecule is C=CCF.ClC1CCCc2ccccc21. The summed E-state index contributed by atoms with van der Waals surface area (Å²) in [5, 5.41) is 0.264. The molecule has 1 atom stereocenters. The molecule has 0 radical (unpaired) electrons. The molecule has 15 heavy (non-hydrogen) atoms. The van der Waals surface area contributed by atoms with Gasteiger partial charge in [0.25, 0.3) is 0 Å². The Hall–Kier alpha value is -0.820. The standard InChI is InChI=1S/C10H11Cl.C3H5F/c11-10-7-3-5-8-4-1-2-6-9(8)10;1-2-3-4/h1-2,4,6,10H,3,5,7H2;2H,1,3H2. The summed E-state index contributed by atoms with van der Waals surface area (Å²) in [5.74, 6) is 0. The van der Waals surface area contributed by atoms with E-state index >= 15 is 0 Å². The van der Waals surface area contributed by atoms with Crippen LogP contribution in [0.25, 0.3) is 0 Å². The summed E-state index contributed by atoms with van der Waals surface area (Å²) in [5.41, 5.74) is 2.79. The van der Waals surface area contributed by atoms with E-state index in [9.17, 15) is 4.39 Å². The van der Waals surface area contributed by atoms with Crippen LogP contribution in [0.15, 0.2) is 36.9 Å². The number of fused-ring (bicyclic) bond motifs is 1. The van der Waals surface area contributed by atoms with Crippen molar-refractivity contribution in [3.63, 3.8) is 0 Å². The Morgan fingerprint density at radius 3 is 2.73 bits per heavy atom. The van der Waals surface area contributed by atoms with E-state index < -0.39 is 6.67 Å². The fourth-order valence-electron chi connectivity index (χ4n) is 1.69. The third-order valence-electron chi connectivity index (χ3n) is 2.41. The van der Waals surface area contributed by atoms with Crippen LogP contribution >= 0.6 is 11.6 Å². The van der Waals surface area contributed by atoms with Crippen molar-refractivity contribution < 1.29 is 4.39 Å². The average molecular weight is 227 g/mol. The average Bonchev–Trinajstić information content (AvgIpc) is 2.30. The lowest BCUT2D eigenvalue weighted by atomic mass is 9.92. The van der Waals surface area contributed by atoms with E-state index in [1.165, 1.54) is 30.0 Å². The Morgan fingerprint density at radius 1 is 1.47 bits per heavy atom. The summed E-state index contributed by atoms with van der Waals surface area (Å²) in [6.45, 7) is 2.69. The molecule has 1 aromatic carbocycles. The Labute approximate surface area is 95.8 Å². The molecule has 0 saturated carbocycles. The molecular weight excluding hydrogens is 211 g/mol. The molecule has 0 amide bonds. The topological polar surface area (TPSA) is 0 Å². The lowest BCUT2D eigenvalue weighted by Gasteiger charge is -2.19. The van der Waals surface area contributed by atoms with Gasteiger partial charge in [0.2, 0.25) is 0 Å². The third-order valence-corrected chi connectivity index (χ3v) is 2.86. The fraction of sp³-hybridized carbons (Fsp3) is 0.385. The van der Waals surface area contributed by atoms with Crippen molar-refractivity contribution in [1.29, 1.82) is 0 Å². The Balaban J connectivity index is 0.000000245. The van der Waals surface area contributed by atoms with E-state index in [1.807, 2.05) is 0 Å². The number of hydrogen-bond acceptors (Lipinski definition) is 0. The minimum atomic E-state index is -0.417. The van der Waals surface area contributed by atoms with Crippen LogP contribution < -0.4 is 0 Å². The van der Waals surface area contributed by atoms with Crippen molar-refractivity contribution in [1.82, 2.24) is 0 Å². The summed E-state index contributed by atoms with van der Waals surface area (Å²) in [7, 11) is 0. The zero-order valence-electron chi connectivity index (χ0n) is 8.76. The van der Waals surface area contributed by atoms with E-state index in [-0.39, 0.29) is 5.38 Å². The van der Waals surface area contributed by atoms with Gasteiger partial charge in [0.1, 0.15) is 6.67 Å². The van der Waals surface area contributed by atoms with Crippen LogP contribution in [0.5, 0.6) is 0 Å². The first-order valence-corrected chi connectivity index (χ1v) is 5.62. The monoisotopic (exact) mass is 226 g/mol. The van der Waals surface area contributed by atoms with Gasteiger partial charge in [0.15, 0.2) is 0 Å². The predicted octanol–water partition coefficient (Wildman–Crippen LogP) is 4.44. The van der Waals surface area contributed by atoms with Gasteiger partial charge in [-0.15, -0.1) is 18.2 Å². The Bertz CT molecular complexity index is 309. The highest BCUT2D eigenvalue weighted by Gasteiger charge is 2.16. The maximum atomic E-state index is 10.6. The zero-order valence-corrected chi connectivity index (χ0v) is 9.51. The van der Waals surface area contributed by atoms with Gasteiger partial charge in [-0.2, -0.15) is 0 Å². The van der Waals surface area contributed by atoms with Gasteiger partial charge in [0, 0.05) is 0 Å². The van der Waals surface area contributed by atoms with Crippen molar-refractivity contribution in [2.24, 2.45) is 0 Å². The highest BCUT2D eigenvalue weighted by atomic mass is 35.5. The van der Waals surface area contributed by atoms with Crippen molar-refractivity contribution in [3.05, 3.63) is 48.0 Å². The number of alkyl halides is 2. The molecule has 0 heterocycles. The molecule has 1 aromatic rings. The summed E-state index contributed by atoms with van der Waals surface area (Å²) in [6, 6.07) is 8.49. The molecule has 1 unspecified atom stereocenters. The molecule has 0 aromatic heterocycles. The van der Waals surface area contributed by atoms with E-state index in [0.717, 1.165) is 6.42 Å². The molecule has 2 rings (SSSR count). The van der Waals surface area contributed by atoms with Gasteiger partial charge < -0.3 is 0 Å². The van der Waals surface area contributed by atoms with Crippen LogP contribution in [-0.4, -0.2) is 6.67 Å². The molecule has 0 aliphatic heterocycles. The lowest BCUT2D eigenvalue weighted by Crippen LogP contribution is -2.04. The first kappa shape index (κ1) is 12.3. The molecule has 0 fully saturated rings. The first-order chi connectivity index (χ1) is 7.29. The van der Waals surface area contributed by atoms with E-state index in [4.69, 9.17) is 11.6 Å². The number of benzene rings is 1. The van der Waals surface area contributed by atoms with Gasteiger partial charge in [0.05, 0.1) is 5.38 Å². The first-order valence-electron chi connectivity index (χ1n) is 5.18. The largest absolute Gasteiger partial charge is 0.247 e. The number of halogens is 2. The zero-order chi connectivity index (χ0) is 11.1. The number of rotatable bonds is 1. The van der Waals surface area contributed by atoms with E-state index in [2.05, 4.69) is 30.8 Å². The van der Waals surface area contributed by atoms with Crippen molar-refractivity contribution in [2.75, 3.05) is 6.67 Å². The molecule has 0 spiro atoms. The van der Waals surface area contributed by atoms with E-state index in [0.29, 0.717) is 0 Å². The molecule has 0 saturated heterocycles. The van der Waals surface area contributed by atoms with Crippen LogP contribution in [0.1, 0.15) is 29.3 Å². The molecule has 0 nitrogen and oxygen atoms in total. The van der Waals surface area contributed by atoms with Gasteiger partial charge in [-0.25, -0.2) is 4.39 Å². The normalized spacial score (nSPS) is 18.4. The highest BCUT2D eigenvalue weighted by molar-refractivity contribution is 6.21. The van der Waals surface area contributed by atoms with Crippen molar-refractivity contribution in [3.8, 4) is 0 Å². The van der Waals surface area contributed by atoms with Crippen LogP contribution in [0, 0.1) is 0 Å². The fourth-order valence-corrected chi connectivity index (χ4v) is 2.06.